The average molecular weight is 1080 g/mol. The summed E-state index contributed by atoms with van der Waals surface area (Å²) in [4.78, 5) is 0. The van der Waals surface area contributed by atoms with Crippen LogP contribution >= 0.6 is 0 Å². The Balaban J connectivity index is 1.01. The predicted molar refractivity (Wildman–Crippen MR) is 260 cm³/mol. The van der Waals surface area contributed by atoms with Crippen molar-refractivity contribution < 1.29 is 109 Å². The molecule has 14 N–H and O–H groups in total. The van der Waals surface area contributed by atoms with Gasteiger partial charge in [-0.15, -0.1) is 0 Å². The highest BCUT2D eigenvalue weighted by Gasteiger charge is 2.72. The molecule has 29 atom stereocenters. The van der Waals surface area contributed by atoms with Gasteiger partial charge in [0.15, 0.2) is 25.2 Å². The first kappa shape index (κ1) is 60.0. The van der Waals surface area contributed by atoms with Crippen LogP contribution in [0.5, 0.6) is 0 Å². The molecule has 4 saturated carbocycles. The highest BCUT2D eigenvalue weighted by molar-refractivity contribution is 5.20. The SMILES string of the molecule is CC(C)=CCC[C@](C)(O[C@@H]1OC(CO[C@H]2O[C@@H](CO)[C@@H](O)C2O)[C@@H](O)[C@@H](O)C1O)[C@H]1CC[C@]2(C)[C@@H]1[C@H](O)C[C@@H]1[C@@]3(C)CC[C@H](O[C@@H]4OC(CO)[C@@H](O)[C@@H](O)C4O[C@@H]4OC(CO)[C@@H](O)[C@@H](O)C4O)C(C)(C)[C@@H]3CC[C@]12C. The van der Waals surface area contributed by atoms with E-state index in [1.807, 2.05) is 20.8 Å². The lowest BCUT2D eigenvalue weighted by atomic mass is 9.35. The van der Waals surface area contributed by atoms with Gasteiger partial charge in [-0.25, -0.2) is 0 Å². The molecule has 7 unspecified atom stereocenters. The quantitative estimate of drug-likeness (QED) is 0.0614. The van der Waals surface area contributed by atoms with E-state index in [0.717, 1.165) is 24.8 Å². The third-order valence-electron chi connectivity index (χ3n) is 20.5. The summed E-state index contributed by atoms with van der Waals surface area (Å²) in [6.45, 7) is 14.9. The van der Waals surface area contributed by atoms with E-state index >= 15 is 0 Å². The maximum atomic E-state index is 12.8. The first-order valence-corrected chi connectivity index (χ1v) is 27.3. The van der Waals surface area contributed by atoms with Gasteiger partial charge < -0.3 is 109 Å². The first-order valence-electron chi connectivity index (χ1n) is 27.3. The lowest BCUT2D eigenvalue weighted by Crippen LogP contribution is -2.68. The number of aliphatic hydroxyl groups excluding tert-OH is 14. The first-order chi connectivity index (χ1) is 35.1. The zero-order valence-electron chi connectivity index (χ0n) is 44.7. The molecule has 4 aliphatic heterocycles. The molecule has 0 aromatic heterocycles. The Morgan fingerprint density at radius 2 is 1.08 bits per heavy atom. The molecule has 4 saturated heterocycles. The molecule has 8 rings (SSSR count). The zero-order valence-corrected chi connectivity index (χ0v) is 44.7. The molecule has 75 heavy (non-hydrogen) atoms. The lowest BCUT2D eigenvalue weighted by molar-refractivity contribution is -0.378. The molecule has 22 nitrogen and oxygen atoms in total. The van der Waals surface area contributed by atoms with E-state index < -0.39 is 172 Å². The smallest absolute Gasteiger partial charge is 0.187 e. The van der Waals surface area contributed by atoms with Crippen LogP contribution in [-0.2, 0) is 37.9 Å². The van der Waals surface area contributed by atoms with Gasteiger partial charge in [-0.2, -0.15) is 0 Å². The van der Waals surface area contributed by atoms with E-state index in [9.17, 15) is 71.5 Å². The van der Waals surface area contributed by atoms with E-state index in [0.29, 0.717) is 38.5 Å². The number of fused-ring (bicyclic) bond motifs is 5. The van der Waals surface area contributed by atoms with E-state index in [4.69, 9.17) is 37.9 Å². The Morgan fingerprint density at radius 1 is 0.560 bits per heavy atom. The van der Waals surface area contributed by atoms with Crippen molar-refractivity contribution in [3.05, 3.63) is 11.6 Å². The fourth-order valence-corrected chi connectivity index (χ4v) is 16.1. The fraction of sp³-hybridized carbons (Fsp3) is 0.962. The molecule has 0 spiro atoms. The molecule has 434 valence electrons. The van der Waals surface area contributed by atoms with Crippen molar-refractivity contribution in [1.82, 2.24) is 0 Å². The minimum atomic E-state index is -1.81. The molecule has 22 heteroatoms. The van der Waals surface area contributed by atoms with Gasteiger partial charge in [-0.1, -0.05) is 46.3 Å². The Hall–Kier alpha value is -1.14. The van der Waals surface area contributed by atoms with Crippen LogP contribution in [0.2, 0.25) is 0 Å². The molecule has 8 aliphatic rings. The van der Waals surface area contributed by atoms with Crippen molar-refractivity contribution in [2.45, 2.75) is 248 Å². The standard InChI is InChI=1S/C53H90O22/c1-23(2)10-9-14-53(8,75-47-43(67)39(63)37(61)29(72-47)22-68-45-41(65)36(60)28(21-56)69-45)24-11-16-52(7)33(24)25(57)18-31-50(5)15-13-32(49(3,4)30(50)12-17-51(31,52)6)73-48-44(40(64)35(59)27(20-55)71-48)74-46-42(66)38(62)34(58)26(19-54)70-46/h10,24-48,54-67H,9,11-22H2,1-8H3/t24-,25+,26?,27?,28-,29?,30-,31+,32-,33-,34+,35+,36+,37+,38+,39+,40+,41?,42?,43?,44?,45-,46-,47-,48-,50-,51+,52+,53-/m0/s1. The van der Waals surface area contributed by atoms with Crippen molar-refractivity contribution in [3.63, 3.8) is 0 Å². The zero-order chi connectivity index (χ0) is 55.1. The second kappa shape index (κ2) is 22.7. The largest absolute Gasteiger partial charge is 0.394 e. The number of rotatable bonds is 16. The van der Waals surface area contributed by atoms with Crippen LogP contribution in [-0.4, -0.2) is 232 Å². The number of ether oxygens (including phenoxy) is 8. The lowest BCUT2D eigenvalue weighted by Gasteiger charge is -2.71. The molecule has 4 heterocycles. The molecular formula is C53H90O22. The van der Waals surface area contributed by atoms with E-state index in [1.165, 1.54) is 0 Å². The third kappa shape index (κ3) is 10.5. The normalized spacial score (nSPS) is 52.6. The van der Waals surface area contributed by atoms with Gasteiger partial charge in [0.2, 0.25) is 0 Å². The summed E-state index contributed by atoms with van der Waals surface area (Å²) in [6, 6.07) is 0. The summed E-state index contributed by atoms with van der Waals surface area (Å²) in [5.74, 6) is -0.394. The summed E-state index contributed by atoms with van der Waals surface area (Å²) in [7, 11) is 0. The number of aliphatic hydroxyl groups is 14. The van der Waals surface area contributed by atoms with E-state index in [-0.39, 0.29) is 34.5 Å². The monoisotopic (exact) mass is 1080 g/mol. The van der Waals surface area contributed by atoms with Crippen LogP contribution < -0.4 is 0 Å². The van der Waals surface area contributed by atoms with Crippen molar-refractivity contribution in [2.24, 2.45) is 45.3 Å². The maximum absolute atomic E-state index is 12.8. The highest BCUT2D eigenvalue weighted by atomic mass is 16.8. The van der Waals surface area contributed by atoms with Gasteiger partial charge in [0.1, 0.15) is 91.6 Å². The van der Waals surface area contributed by atoms with Crippen LogP contribution in [0.3, 0.4) is 0 Å². The van der Waals surface area contributed by atoms with Crippen molar-refractivity contribution in [1.29, 1.82) is 0 Å². The Labute approximate surface area is 439 Å². The molecule has 0 bridgehead atoms. The molecule has 0 amide bonds. The number of allylic oxidation sites excluding steroid dienone is 2. The summed E-state index contributed by atoms with van der Waals surface area (Å²) >= 11 is 0. The molecule has 8 fully saturated rings. The summed E-state index contributed by atoms with van der Waals surface area (Å²) in [5, 5.41) is 151. The van der Waals surface area contributed by atoms with Gasteiger partial charge in [0.05, 0.1) is 44.2 Å². The van der Waals surface area contributed by atoms with Crippen molar-refractivity contribution in [2.75, 3.05) is 26.4 Å². The minimum Gasteiger partial charge on any atom is -0.394 e. The van der Waals surface area contributed by atoms with Crippen molar-refractivity contribution >= 4 is 0 Å². The number of hydrogen-bond acceptors (Lipinski definition) is 22. The summed E-state index contributed by atoms with van der Waals surface area (Å²) < 4.78 is 48.9. The molecular weight excluding hydrogens is 989 g/mol. The van der Waals surface area contributed by atoms with Gasteiger partial charge in [-0.05, 0) is 124 Å². The highest BCUT2D eigenvalue weighted by Crippen LogP contribution is 2.76. The van der Waals surface area contributed by atoms with Gasteiger partial charge in [0, 0.05) is 0 Å². The van der Waals surface area contributed by atoms with E-state index in [1.54, 1.807) is 0 Å². The summed E-state index contributed by atoms with van der Waals surface area (Å²) in [6.07, 6.45) is -22.1. The van der Waals surface area contributed by atoms with Crippen molar-refractivity contribution in [3.8, 4) is 0 Å². The van der Waals surface area contributed by atoms with Crippen LogP contribution in [0.25, 0.3) is 0 Å². The maximum Gasteiger partial charge on any atom is 0.187 e. The van der Waals surface area contributed by atoms with Crippen LogP contribution in [0.4, 0.5) is 0 Å². The second-order valence-electron chi connectivity index (χ2n) is 25.3. The van der Waals surface area contributed by atoms with Crippen LogP contribution in [0.15, 0.2) is 11.6 Å². The predicted octanol–water partition coefficient (Wildman–Crippen LogP) is -1.56. The van der Waals surface area contributed by atoms with Gasteiger partial charge in [-0.3, -0.25) is 0 Å². The molecule has 0 aromatic carbocycles. The van der Waals surface area contributed by atoms with Gasteiger partial charge >= 0.3 is 0 Å². The van der Waals surface area contributed by atoms with E-state index in [2.05, 4.69) is 40.7 Å². The topological polar surface area (TPSA) is 357 Å². The Bertz CT molecular complexity index is 1940. The number of hydrogen-bond donors (Lipinski definition) is 14. The molecule has 0 aromatic rings. The van der Waals surface area contributed by atoms with Crippen LogP contribution in [0, 0.1) is 45.3 Å². The fourth-order valence-electron chi connectivity index (χ4n) is 16.1. The summed E-state index contributed by atoms with van der Waals surface area (Å²) in [5.41, 5.74) is -1.47. The molecule has 0 radical (unpaired) electrons. The second-order valence-corrected chi connectivity index (χ2v) is 25.3. The third-order valence-corrected chi connectivity index (χ3v) is 20.5. The minimum absolute atomic E-state index is 0.0508. The molecule has 4 aliphatic carbocycles. The van der Waals surface area contributed by atoms with Gasteiger partial charge in [0.25, 0.3) is 0 Å². The van der Waals surface area contributed by atoms with Crippen LogP contribution in [0.1, 0.15) is 113 Å². The Morgan fingerprint density at radius 3 is 1.69 bits per heavy atom. The Kier molecular flexibility index (Phi) is 18.1. The average Bonchev–Trinajstić information content (AvgIpc) is 3.89.